The number of carbonyl (C=O) groups is 1. The largest absolute Gasteiger partial charge is 0.338 e. The van der Waals surface area contributed by atoms with Gasteiger partial charge in [0.05, 0.1) is 0 Å². The summed E-state index contributed by atoms with van der Waals surface area (Å²) in [4.78, 5) is 11.5. The molecule has 38 valence electrons. The van der Waals surface area contributed by atoms with Crippen molar-refractivity contribution in [3.8, 4) is 12.3 Å². The Morgan fingerprint density at radius 2 is 2.14 bits per heavy atom. The molecule has 0 aromatic rings. The zero-order chi connectivity index (χ0) is 5.86. The van der Waals surface area contributed by atoms with E-state index >= 15 is 0 Å². The Kier molecular flexibility index (Phi) is 1.94. The van der Waals surface area contributed by atoms with Gasteiger partial charge in [0.15, 0.2) is 0 Å². The smallest absolute Gasteiger partial charge is 0.297 e. The second-order valence-corrected chi connectivity index (χ2v) is 1.34. The zero-order valence-corrected chi connectivity index (χ0v) is 4.43. The van der Waals surface area contributed by atoms with Crippen molar-refractivity contribution >= 4 is 5.91 Å². The minimum absolute atomic E-state index is 0.292. The van der Waals surface area contributed by atoms with Gasteiger partial charge in [0.25, 0.3) is 5.91 Å². The number of carbonyl (C=O) groups excluding carboxylic acids is 1. The summed E-state index contributed by atoms with van der Waals surface area (Å²) in [5.74, 6) is 1.66. The Balaban J connectivity index is 3.64. The summed E-state index contributed by atoms with van der Waals surface area (Å²) >= 11 is 0. The first-order chi connectivity index (χ1) is 3.18. The predicted octanol–water partition coefficient (Wildman–Crippen LogP) is -0.292. The van der Waals surface area contributed by atoms with E-state index in [1.54, 1.807) is 14.1 Å². The Morgan fingerprint density at radius 3 is 2.14 bits per heavy atom. The second-order valence-electron chi connectivity index (χ2n) is 1.34. The second kappa shape index (κ2) is 2.25. The number of hydrogen-bond acceptors (Lipinski definition) is 1. The van der Waals surface area contributed by atoms with Crippen LogP contribution in [0.4, 0.5) is 0 Å². The van der Waals surface area contributed by atoms with Crippen LogP contribution >= 0.6 is 0 Å². The first kappa shape index (κ1) is 6.03. The quantitative estimate of drug-likeness (QED) is 0.380. The lowest BCUT2D eigenvalue weighted by Crippen LogP contribution is -2.18. The number of rotatable bonds is 0. The van der Waals surface area contributed by atoms with Crippen LogP contribution in [0.2, 0.25) is 0 Å². The molecule has 0 unspecified atom stereocenters. The first-order valence-corrected chi connectivity index (χ1v) is 1.86. The summed E-state index contributed by atoms with van der Waals surface area (Å²) in [6.07, 6.45) is 4.73. The van der Waals surface area contributed by atoms with Crippen molar-refractivity contribution in [2.45, 2.75) is 0 Å². The van der Waals surface area contributed by atoms with Gasteiger partial charge in [0, 0.05) is 14.1 Å². The Hall–Kier alpha value is -0.970. The monoisotopic (exact) mass is 97.1 g/mol. The molecule has 7 heavy (non-hydrogen) atoms. The molecule has 0 aromatic heterocycles. The molecule has 0 saturated carbocycles. The fourth-order valence-electron chi connectivity index (χ4n) is 0.129. The lowest BCUT2D eigenvalue weighted by atomic mass is 10.6. The van der Waals surface area contributed by atoms with Gasteiger partial charge < -0.3 is 4.90 Å². The molecule has 0 aliphatic rings. The molecular weight excluding hydrogens is 90.1 g/mol. The maximum absolute atomic E-state index is 10.2. The highest BCUT2D eigenvalue weighted by Crippen LogP contribution is 1.70. The van der Waals surface area contributed by atoms with Crippen LogP contribution in [0, 0.1) is 12.3 Å². The molecule has 2 heteroatoms. The summed E-state index contributed by atoms with van der Waals surface area (Å²) in [5.41, 5.74) is 0. The third-order valence-corrected chi connectivity index (χ3v) is 0.530. The summed E-state index contributed by atoms with van der Waals surface area (Å²) < 4.78 is 0. The summed E-state index contributed by atoms with van der Waals surface area (Å²) in [6.45, 7) is 0. The van der Waals surface area contributed by atoms with Crippen molar-refractivity contribution in [3.05, 3.63) is 0 Å². The summed E-state index contributed by atoms with van der Waals surface area (Å²) in [7, 11) is 3.23. The molecule has 0 aromatic carbocycles. The molecule has 2 nitrogen and oxygen atoms in total. The zero-order valence-electron chi connectivity index (χ0n) is 4.43. The number of hydrogen-bond donors (Lipinski definition) is 0. The van der Waals surface area contributed by atoms with Crippen molar-refractivity contribution < 1.29 is 4.79 Å². The van der Waals surface area contributed by atoms with E-state index in [0.29, 0.717) is 0 Å². The van der Waals surface area contributed by atoms with Crippen LogP contribution in [-0.4, -0.2) is 24.9 Å². The first-order valence-electron chi connectivity index (χ1n) is 1.86. The molecule has 0 rings (SSSR count). The SMILES string of the molecule is C#CC(=O)N(C)C. The Bertz CT molecular complexity index is 110. The molecule has 0 spiro atoms. The average Bonchev–Trinajstić information content (AvgIpc) is 1.65. The molecule has 1 amide bonds. The Morgan fingerprint density at radius 1 is 1.71 bits per heavy atom. The van der Waals surface area contributed by atoms with Gasteiger partial charge in [-0.3, -0.25) is 4.79 Å². The molecule has 0 aliphatic heterocycles. The van der Waals surface area contributed by atoms with Crippen LogP contribution in [0.5, 0.6) is 0 Å². The van der Waals surface area contributed by atoms with E-state index in [1.165, 1.54) is 4.90 Å². The molecule has 0 aliphatic carbocycles. The van der Waals surface area contributed by atoms with Gasteiger partial charge in [-0.2, -0.15) is 0 Å². The fourth-order valence-corrected chi connectivity index (χ4v) is 0.129. The van der Waals surface area contributed by atoms with Crippen LogP contribution in [-0.2, 0) is 4.79 Å². The van der Waals surface area contributed by atoms with Gasteiger partial charge in [0.1, 0.15) is 0 Å². The van der Waals surface area contributed by atoms with Gasteiger partial charge >= 0.3 is 0 Å². The normalized spacial score (nSPS) is 7.00. The molecule has 0 bridgehead atoms. The van der Waals surface area contributed by atoms with Crippen LogP contribution < -0.4 is 0 Å². The number of terminal acetylenes is 1. The average molecular weight is 97.1 g/mol. The van der Waals surface area contributed by atoms with E-state index in [9.17, 15) is 4.79 Å². The summed E-state index contributed by atoms with van der Waals surface area (Å²) in [6, 6.07) is 0. The van der Waals surface area contributed by atoms with Crippen LogP contribution in [0.1, 0.15) is 0 Å². The topological polar surface area (TPSA) is 20.3 Å². The van der Waals surface area contributed by atoms with Crippen LogP contribution in [0.3, 0.4) is 0 Å². The van der Waals surface area contributed by atoms with E-state index in [4.69, 9.17) is 6.42 Å². The van der Waals surface area contributed by atoms with E-state index in [1.807, 2.05) is 5.92 Å². The minimum Gasteiger partial charge on any atom is -0.338 e. The maximum Gasteiger partial charge on any atom is 0.297 e. The van der Waals surface area contributed by atoms with Gasteiger partial charge in [-0.15, -0.1) is 6.42 Å². The van der Waals surface area contributed by atoms with Crippen molar-refractivity contribution in [2.75, 3.05) is 14.1 Å². The molecule has 0 atom stereocenters. The summed E-state index contributed by atoms with van der Waals surface area (Å²) in [5, 5.41) is 0. The molecule has 0 heterocycles. The molecular formula is C5H7NO. The van der Waals surface area contributed by atoms with Gasteiger partial charge in [-0.05, 0) is 5.92 Å². The highest BCUT2D eigenvalue weighted by atomic mass is 16.2. The molecule has 0 N–H and O–H groups in total. The van der Waals surface area contributed by atoms with Crippen molar-refractivity contribution in [3.63, 3.8) is 0 Å². The van der Waals surface area contributed by atoms with Crippen LogP contribution in [0.25, 0.3) is 0 Å². The molecule has 0 fully saturated rings. The third kappa shape index (κ3) is 1.83. The predicted molar refractivity (Wildman–Crippen MR) is 27.5 cm³/mol. The van der Waals surface area contributed by atoms with E-state index in [2.05, 4.69) is 0 Å². The highest BCUT2D eigenvalue weighted by molar-refractivity contribution is 5.92. The van der Waals surface area contributed by atoms with E-state index in [0.717, 1.165) is 0 Å². The van der Waals surface area contributed by atoms with E-state index < -0.39 is 0 Å². The number of amides is 1. The van der Waals surface area contributed by atoms with Crippen molar-refractivity contribution in [2.24, 2.45) is 0 Å². The van der Waals surface area contributed by atoms with Crippen molar-refractivity contribution in [1.82, 2.24) is 4.90 Å². The fraction of sp³-hybridized carbons (Fsp3) is 0.400. The van der Waals surface area contributed by atoms with Gasteiger partial charge in [-0.1, -0.05) is 0 Å². The Labute approximate surface area is 43.1 Å². The third-order valence-electron chi connectivity index (χ3n) is 0.530. The van der Waals surface area contributed by atoms with Gasteiger partial charge in [0.2, 0.25) is 0 Å². The highest BCUT2D eigenvalue weighted by Gasteiger charge is 1.92. The molecule has 0 saturated heterocycles. The number of nitrogens with zero attached hydrogens (tertiary/aromatic N) is 1. The van der Waals surface area contributed by atoms with Gasteiger partial charge in [-0.25, -0.2) is 0 Å². The lowest BCUT2D eigenvalue weighted by Gasteiger charge is -2.01. The minimum atomic E-state index is -0.292. The van der Waals surface area contributed by atoms with E-state index in [-0.39, 0.29) is 5.91 Å². The standard InChI is InChI=1S/C5H7NO/c1-4-5(7)6(2)3/h1H,2-3H3. The van der Waals surface area contributed by atoms with Crippen LogP contribution in [0.15, 0.2) is 0 Å². The molecule has 0 radical (unpaired) electrons. The maximum atomic E-state index is 10.2. The lowest BCUT2D eigenvalue weighted by molar-refractivity contribution is -0.122. The van der Waals surface area contributed by atoms with Crippen molar-refractivity contribution in [1.29, 1.82) is 0 Å².